The molecular formula is C18H32N2O3. The number of rotatable bonds is 2. The van der Waals surface area contributed by atoms with Gasteiger partial charge < -0.3 is 14.7 Å². The molecule has 3 aliphatic heterocycles. The van der Waals surface area contributed by atoms with Gasteiger partial charge in [-0.2, -0.15) is 0 Å². The average Bonchev–Trinajstić information content (AvgIpc) is 2.66. The molecule has 1 N–H and O–H groups in total. The molecule has 3 heterocycles. The van der Waals surface area contributed by atoms with E-state index in [1.54, 1.807) is 6.92 Å². The molecule has 5 heteroatoms. The van der Waals surface area contributed by atoms with E-state index in [-0.39, 0.29) is 11.4 Å². The van der Waals surface area contributed by atoms with Crippen LogP contribution in [-0.4, -0.2) is 70.8 Å². The van der Waals surface area contributed by atoms with Crippen LogP contribution in [0.5, 0.6) is 0 Å². The number of piperidine rings is 1. The van der Waals surface area contributed by atoms with Gasteiger partial charge in [-0.15, -0.1) is 0 Å². The minimum atomic E-state index is -0.630. The average molecular weight is 324 g/mol. The largest absolute Gasteiger partial charge is 0.388 e. The first-order valence-corrected chi connectivity index (χ1v) is 9.27. The third kappa shape index (κ3) is 3.42. The lowest BCUT2D eigenvalue weighted by Gasteiger charge is -2.54. The van der Waals surface area contributed by atoms with Gasteiger partial charge in [0.25, 0.3) is 0 Å². The number of amides is 1. The smallest absolute Gasteiger partial charge is 0.219 e. The highest BCUT2D eigenvalue weighted by Gasteiger charge is 2.48. The van der Waals surface area contributed by atoms with E-state index in [9.17, 15) is 9.90 Å². The molecule has 0 unspecified atom stereocenters. The highest BCUT2D eigenvalue weighted by atomic mass is 16.5. The minimum Gasteiger partial charge on any atom is -0.388 e. The Kier molecular flexibility index (Phi) is 5.00. The molecule has 5 nitrogen and oxygen atoms in total. The summed E-state index contributed by atoms with van der Waals surface area (Å²) < 4.78 is 5.43. The maximum atomic E-state index is 12.1. The van der Waals surface area contributed by atoms with E-state index in [0.29, 0.717) is 19.3 Å². The fraction of sp³-hybridized carbons (Fsp3) is 0.944. The second-order valence-electron chi connectivity index (χ2n) is 7.94. The van der Waals surface area contributed by atoms with E-state index >= 15 is 0 Å². The van der Waals surface area contributed by atoms with Crippen molar-refractivity contribution in [3.63, 3.8) is 0 Å². The number of carbonyl (C=O) groups excluding carboxylic acids is 1. The highest BCUT2D eigenvalue weighted by Crippen LogP contribution is 2.39. The second kappa shape index (κ2) is 6.69. The van der Waals surface area contributed by atoms with E-state index in [4.69, 9.17) is 4.74 Å². The molecule has 0 aromatic carbocycles. The third-order valence-corrected chi connectivity index (χ3v) is 6.37. The Balaban J connectivity index is 1.82. The molecule has 0 radical (unpaired) electrons. The maximum Gasteiger partial charge on any atom is 0.219 e. The van der Waals surface area contributed by atoms with Gasteiger partial charge in [0.05, 0.1) is 5.60 Å². The summed E-state index contributed by atoms with van der Waals surface area (Å²) in [6.07, 6.45) is 7.04. The molecule has 2 atom stereocenters. The van der Waals surface area contributed by atoms with Crippen LogP contribution in [0.4, 0.5) is 0 Å². The van der Waals surface area contributed by atoms with Crippen molar-refractivity contribution in [1.29, 1.82) is 0 Å². The van der Waals surface area contributed by atoms with Crippen molar-refractivity contribution in [2.24, 2.45) is 0 Å². The van der Waals surface area contributed by atoms with Crippen molar-refractivity contribution in [2.75, 3.05) is 32.8 Å². The van der Waals surface area contributed by atoms with Crippen LogP contribution in [0.3, 0.4) is 0 Å². The second-order valence-corrected chi connectivity index (χ2v) is 7.94. The van der Waals surface area contributed by atoms with Crippen molar-refractivity contribution >= 4 is 5.91 Å². The van der Waals surface area contributed by atoms with Crippen molar-refractivity contribution in [1.82, 2.24) is 9.80 Å². The summed E-state index contributed by atoms with van der Waals surface area (Å²) in [5.41, 5.74) is -0.636. The molecule has 0 aromatic rings. The fourth-order valence-corrected chi connectivity index (χ4v) is 4.90. The van der Waals surface area contributed by atoms with E-state index in [2.05, 4.69) is 16.7 Å². The Morgan fingerprint density at radius 3 is 2.61 bits per heavy atom. The molecule has 3 rings (SSSR count). The topological polar surface area (TPSA) is 53.0 Å². The molecule has 0 aromatic heterocycles. The summed E-state index contributed by atoms with van der Waals surface area (Å²) in [4.78, 5) is 16.7. The number of aliphatic hydroxyl groups is 1. The first-order valence-electron chi connectivity index (χ1n) is 9.27. The first-order chi connectivity index (χ1) is 10.9. The van der Waals surface area contributed by atoms with Gasteiger partial charge in [0.15, 0.2) is 0 Å². The summed E-state index contributed by atoms with van der Waals surface area (Å²) in [7, 11) is 0. The molecule has 0 aliphatic carbocycles. The van der Waals surface area contributed by atoms with Gasteiger partial charge in [-0.05, 0) is 39.2 Å². The zero-order valence-corrected chi connectivity index (χ0v) is 14.7. The van der Waals surface area contributed by atoms with E-state index in [1.807, 2.05) is 0 Å². The first kappa shape index (κ1) is 17.2. The van der Waals surface area contributed by atoms with Crippen LogP contribution in [0.2, 0.25) is 0 Å². The van der Waals surface area contributed by atoms with Crippen LogP contribution >= 0.6 is 0 Å². The van der Waals surface area contributed by atoms with Gasteiger partial charge in [-0.3, -0.25) is 9.69 Å². The molecule has 23 heavy (non-hydrogen) atoms. The minimum absolute atomic E-state index is 0.00550. The zero-order chi connectivity index (χ0) is 16.5. The number of hydrogen-bond donors (Lipinski definition) is 1. The molecule has 0 saturated carbocycles. The standard InChI is InChI=1S/C18H32N2O3/c1-15(21)20-11-5-7-17(2)16(20)6-3-4-10-19(17)14-18(22)8-12-23-13-9-18/h16,22H,3-14H2,1-2H3/t16-,17-/m0/s1. The number of nitrogens with zero attached hydrogens (tertiary/aromatic N) is 2. The number of likely N-dealkylation sites (tertiary alicyclic amines) is 2. The summed E-state index contributed by atoms with van der Waals surface area (Å²) in [6, 6.07) is 0.291. The van der Waals surface area contributed by atoms with Crippen molar-refractivity contribution in [3.05, 3.63) is 0 Å². The van der Waals surface area contributed by atoms with Crippen LogP contribution in [0.1, 0.15) is 58.8 Å². The van der Waals surface area contributed by atoms with Crippen LogP contribution in [-0.2, 0) is 9.53 Å². The number of β-amino-alcohol motifs (C(OH)–C–C–N with tert-alkyl or cyclic N) is 1. The van der Waals surface area contributed by atoms with E-state index in [1.165, 1.54) is 6.42 Å². The molecule has 132 valence electrons. The van der Waals surface area contributed by atoms with Crippen LogP contribution in [0, 0.1) is 0 Å². The lowest BCUT2D eigenvalue weighted by atomic mass is 9.78. The third-order valence-electron chi connectivity index (χ3n) is 6.37. The number of hydrogen-bond acceptors (Lipinski definition) is 4. The van der Waals surface area contributed by atoms with Gasteiger partial charge in [0.1, 0.15) is 0 Å². The van der Waals surface area contributed by atoms with Gasteiger partial charge in [0, 0.05) is 57.6 Å². The highest BCUT2D eigenvalue weighted by molar-refractivity contribution is 5.74. The Hall–Kier alpha value is -0.650. The van der Waals surface area contributed by atoms with Gasteiger partial charge in [-0.25, -0.2) is 0 Å². The Labute approximate surface area is 140 Å². The maximum absolute atomic E-state index is 12.1. The molecular weight excluding hydrogens is 292 g/mol. The molecule has 0 spiro atoms. The van der Waals surface area contributed by atoms with Crippen LogP contribution < -0.4 is 0 Å². The Morgan fingerprint density at radius 1 is 1.17 bits per heavy atom. The number of ether oxygens (including phenoxy) is 1. The van der Waals surface area contributed by atoms with Gasteiger partial charge in [-0.1, -0.05) is 6.42 Å². The summed E-state index contributed by atoms with van der Waals surface area (Å²) in [6.45, 7) is 7.97. The number of carbonyl (C=O) groups is 1. The van der Waals surface area contributed by atoms with E-state index in [0.717, 1.165) is 58.2 Å². The SMILES string of the molecule is CC(=O)N1CCC[C@@]2(C)[C@@H]1CCCCN2CC1(O)CCOCC1. The molecule has 3 fully saturated rings. The predicted octanol–water partition coefficient (Wildman–Crippen LogP) is 1.78. The summed E-state index contributed by atoms with van der Waals surface area (Å²) in [5, 5.41) is 11.0. The molecule has 3 saturated heterocycles. The lowest BCUT2D eigenvalue weighted by molar-refractivity contribution is -0.142. The fourth-order valence-electron chi connectivity index (χ4n) is 4.90. The van der Waals surface area contributed by atoms with Crippen LogP contribution in [0.25, 0.3) is 0 Å². The van der Waals surface area contributed by atoms with Crippen molar-refractivity contribution < 1.29 is 14.6 Å². The monoisotopic (exact) mass is 324 g/mol. The quantitative estimate of drug-likeness (QED) is 0.841. The molecule has 0 bridgehead atoms. The van der Waals surface area contributed by atoms with Gasteiger partial charge in [0.2, 0.25) is 5.91 Å². The Bertz CT molecular complexity index is 436. The van der Waals surface area contributed by atoms with Gasteiger partial charge >= 0.3 is 0 Å². The Morgan fingerprint density at radius 2 is 1.91 bits per heavy atom. The predicted molar refractivity (Wildman–Crippen MR) is 89.2 cm³/mol. The van der Waals surface area contributed by atoms with Crippen molar-refractivity contribution in [2.45, 2.75) is 76.0 Å². The molecule has 1 amide bonds. The molecule has 3 aliphatic rings. The summed E-state index contributed by atoms with van der Waals surface area (Å²) in [5.74, 6) is 0.201. The number of fused-ring (bicyclic) bond motifs is 1. The lowest BCUT2D eigenvalue weighted by Crippen LogP contribution is -2.65. The van der Waals surface area contributed by atoms with Crippen molar-refractivity contribution in [3.8, 4) is 0 Å². The normalized spacial score (nSPS) is 35.4. The zero-order valence-electron chi connectivity index (χ0n) is 14.7. The van der Waals surface area contributed by atoms with E-state index < -0.39 is 5.60 Å². The van der Waals surface area contributed by atoms with Crippen LogP contribution in [0.15, 0.2) is 0 Å². The summed E-state index contributed by atoms with van der Waals surface area (Å²) >= 11 is 0.